The molecule has 2 aliphatic rings. The molecule has 0 aromatic heterocycles. The molecule has 2 fully saturated rings. The van der Waals surface area contributed by atoms with Crippen molar-refractivity contribution in [2.45, 2.75) is 69.0 Å². The van der Waals surface area contributed by atoms with Gasteiger partial charge in [0, 0.05) is 5.56 Å². The number of aliphatic hydroxyl groups is 1. The van der Waals surface area contributed by atoms with E-state index in [0.29, 0.717) is 6.42 Å². The molecule has 0 heterocycles. The summed E-state index contributed by atoms with van der Waals surface area (Å²) in [5, 5.41) is 10.5. The summed E-state index contributed by atoms with van der Waals surface area (Å²) in [6, 6.07) is 16.3. The fourth-order valence-corrected chi connectivity index (χ4v) is 4.66. The Kier molecular flexibility index (Phi) is 6.11. The molecule has 4 rings (SSSR count). The molecule has 0 amide bonds. The fraction of sp³-hybridized carbons (Fsp3) is 0.462. The number of benzene rings is 2. The van der Waals surface area contributed by atoms with Gasteiger partial charge in [0.1, 0.15) is 0 Å². The summed E-state index contributed by atoms with van der Waals surface area (Å²) in [5.41, 5.74) is 1.75. The zero-order chi connectivity index (χ0) is 20.1. The van der Waals surface area contributed by atoms with Gasteiger partial charge in [0.25, 0.3) is 0 Å². The quantitative estimate of drug-likeness (QED) is 0.726. The third-order valence-corrected chi connectivity index (χ3v) is 6.26. The van der Waals surface area contributed by atoms with Crippen molar-refractivity contribution in [1.82, 2.24) is 0 Å². The monoisotopic (exact) mass is 390 g/mol. The Hall–Kier alpha value is -2.44. The highest BCUT2D eigenvalue weighted by atomic mass is 16.5. The maximum atomic E-state index is 10.5. The summed E-state index contributed by atoms with van der Waals surface area (Å²) in [5.74, 6) is 8.48. The van der Waals surface area contributed by atoms with Crippen LogP contribution in [0.1, 0.15) is 62.5 Å². The minimum atomic E-state index is -0.367. The van der Waals surface area contributed by atoms with Crippen molar-refractivity contribution >= 4 is 0 Å². The van der Waals surface area contributed by atoms with Crippen LogP contribution in [0.25, 0.3) is 0 Å². The van der Waals surface area contributed by atoms with E-state index in [0.717, 1.165) is 54.7 Å². The summed E-state index contributed by atoms with van der Waals surface area (Å²) in [4.78, 5) is 0. The first kappa shape index (κ1) is 19.9. The molecular formula is C26H30O3. The fourth-order valence-electron chi connectivity index (χ4n) is 4.66. The Morgan fingerprint density at radius 2 is 1.76 bits per heavy atom. The number of hydrogen-bond acceptors (Lipinski definition) is 3. The average molecular weight is 391 g/mol. The summed E-state index contributed by atoms with van der Waals surface area (Å²) in [6.45, 7) is 0. The minimum Gasteiger partial charge on any atom is -0.493 e. The topological polar surface area (TPSA) is 38.7 Å². The van der Waals surface area contributed by atoms with Gasteiger partial charge in [0.2, 0.25) is 0 Å². The van der Waals surface area contributed by atoms with E-state index in [2.05, 4.69) is 24.0 Å². The average Bonchev–Trinajstić information content (AvgIpc) is 3.26. The van der Waals surface area contributed by atoms with Gasteiger partial charge in [-0.3, -0.25) is 0 Å². The predicted molar refractivity (Wildman–Crippen MR) is 115 cm³/mol. The smallest absolute Gasteiger partial charge is 0.161 e. The first-order valence-electron chi connectivity index (χ1n) is 10.8. The lowest BCUT2D eigenvalue weighted by Gasteiger charge is -2.36. The highest BCUT2D eigenvalue weighted by Crippen LogP contribution is 2.43. The molecular weight excluding hydrogens is 360 g/mol. The maximum Gasteiger partial charge on any atom is 0.161 e. The first-order chi connectivity index (χ1) is 14.2. The maximum absolute atomic E-state index is 10.5. The zero-order valence-electron chi connectivity index (χ0n) is 17.2. The summed E-state index contributed by atoms with van der Waals surface area (Å²) in [7, 11) is 1.69. The van der Waals surface area contributed by atoms with E-state index in [4.69, 9.17) is 9.47 Å². The third kappa shape index (κ3) is 4.60. The zero-order valence-corrected chi connectivity index (χ0v) is 17.2. The van der Waals surface area contributed by atoms with Gasteiger partial charge in [-0.25, -0.2) is 0 Å². The van der Waals surface area contributed by atoms with Crippen molar-refractivity contribution in [2.75, 3.05) is 7.11 Å². The van der Waals surface area contributed by atoms with Crippen LogP contribution < -0.4 is 9.47 Å². The van der Waals surface area contributed by atoms with Crippen molar-refractivity contribution in [3.63, 3.8) is 0 Å². The lowest BCUT2D eigenvalue weighted by Crippen LogP contribution is -2.34. The van der Waals surface area contributed by atoms with E-state index in [1.807, 2.05) is 36.4 Å². The molecule has 29 heavy (non-hydrogen) atoms. The molecule has 2 aliphatic carbocycles. The Balaban J connectivity index is 1.71. The molecule has 3 nitrogen and oxygen atoms in total. The van der Waals surface area contributed by atoms with Crippen molar-refractivity contribution in [3.8, 4) is 23.3 Å². The van der Waals surface area contributed by atoms with Gasteiger partial charge in [-0.2, -0.15) is 0 Å². The van der Waals surface area contributed by atoms with Gasteiger partial charge in [0.05, 0.1) is 24.7 Å². The van der Waals surface area contributed by atoms with Gasteiger partial charge in [-0.05, 0) is 81.2 Å². The highest BCUT2D eigenvalue weighted by Gasteiger charge is 2.37. The Bertz CT molecular complexity index is 874. The van der Waals surface area contributed by atoms with Crippen LogP contribution in [0.15, 0.2) is 48.5 Å². The number of hydrogen-bond donors (Lipinski definition) is 1. The van der Waals surface area contributed by atoms with Gasteiger partial charge < -0.3 is 14.6 Å². The Morgan fingerprint density at radius 3 is 2.48 bits per heavy atom. The third-order valence-electron chi connectivity index (χ3n) is 6.26. The van der Waals surface area contributed by atoms with Gasteiger partial charge >= 0.3 is 0 Å². The second-order valence-electron chi connectivity index (χ2n) is 8.34. The summed E-state index contributed by atoms with van der Waals surface area (Å²) < 4.78 is 11.9. The lowest BCUT2D eigenvalue weighted by molar-refractivity contribution is 0.103. The van der Waals surface area contributed by atoms with E-state index >= 15 is 0 Å². The molecule has 0 aliphatic heterocycles. The van der Waals surface area contributed by atoms with Crippen LogP contribution in [-0.2, 0) is 5.41 Å². The molecule has 0 spiro atoms. The Morgan fingerprint density at radius 1 is 0.966 bits per heavy atom. The van der Waals surface area contributed by atoms with Gasteiger partial charge in [0.15, 0.2) is 11.5 Å². The van der Waals surface area contributed by atoms with Crippen molar-refractivity contribution in [2.24, 2.45) is 0 Å². The van der Waals surface area contributed by atoms with Gasteiger partial charge in [-0.15, -0.1) is 0 Å². The van der Waals surface area contributed by atoms with E-state index in [-0.39, 0.29) is 17.6 Å². The molecule has 0 unspecified atom stereocenters. The standard InChI is InChI=1S/C26H30O3/c1-28-24-14-13-21(18-25(24)29-23-11-5-6-12-23)26(16-7-10-22(27)19-26)17-15-20-8-3-2-4-9-20/h2-4,8-9,13-14,18,22-23,27H,5-7,10-12,16,19H2,1H3/t22-,26-/m0/s1. The molecule has 2 aromatic rings. The molecule has 0 bridgehead atoms. The first-order valence-corrected chi connectivity index (χ1v) is 10.8. The van der Waals surface area contributed by atoms with E-state index < -0.39 is 0 Å². The largest absolute Gasteiger partial charge is 0.493 e. The van der Waals surface area contributed by atoms with Crippen LogP contribution in [0.5, 0.6) is 11.5 Å². The normalized spacial score (nSPS) is 24.6. The highest BCUT2D eigenvalue weighted by molar-refractivity contribution is 5.50. The lowest BCUT2D eigenvalue weighted by atomic mass is 9.69. The molecule has 2 aromatic carbocycles. The van der Waals surface area contributed by atoms with Gasteiger partial charge in [-0.1, -0.05) is 36.1 Å². The second kappa shape index (κ2) is 8.93. The molecule has 1 N–H and O–H groups in total. The summed E-state index contributed by atoms with van der Waals surface area (Å²) >= 11 is 0. The van der Waals surface area contributed by atoms with E-state index in [1.54, 1.807) is 7.11 Å². The van der Waals surface area contributed by atoms with Crippen LogP contribution in [0, 0.1) is 11.8 Å². The predicted octanol–water partition coefficient (Wildman–Crippen LogP) is 5.24. The van der Waals surface area contributed by atoms with E-state index in [1.165, 1.54) is 12.8 Å². The van der Waals surface area contributed by atoms with Crippen LogP contribution >= 0.6 is 0 Å². The van der Waals surface area contributed by atoms with Crippen LogP contribution in [0.2, 0.25) is 0 Å². The van der Waals surface area contributed by atoms with Crippen LogP contribution in [0.4, 0.5) is 0 Å². The van der Waals surface area contributed by atoms with Crippen molar-refractivity contribution in [3.05, 3.63) is 59.7 Å². The minimum absolute atomic E-state index is 0.266. The van der Waals surface area contributed by atoms with Crippen molar-refractivity contribution < 1.29 is 14.6 Å². The summed E-state index contributed by atoms with van der Waals surface area (Å²) in [6.07, 6.45) is 8.01. The SMILES string of the molecule is COc1ccc([C@]2(C#Cc3ccccc3)CCC[C@H](O)C2)cc1OC1CCCC1. The van der Waals surface area contributed by atoms with Crippen molar-refractivity contribution in [1.29, 1.82) is 0 Å². The molecule has 3 heteroatoms. The molecule has 2 saturated carbocycles. The molecule has 152 valence electrons. The number of ether oxygens (including phenoxy) is 2. The molecule has 0 saturated heterocycles. The number of aliphatic hydroxyl groups excluding tert-OH is 1. The molecule has 2 atom stereocenters. The van der Waals surface area contributed by atoms with Crippen LogP contribution in [-0.4, -0.2) is 24.4 Å². The second-order valence-corrected chi connectivity index (χ2v) is 8.34. The van der Waals surface area contributed by atoms with Crippen LogP contribution in [0.3, 0.4) is 0 Å². The van der Waals surface area contributed by atoms with E-state index in [9.17, 15) is 5.11 Å². The molecule has 0 radical (unpaired) electrons. The number of rotatable bonds is 4. The number of methoxy groups -OCH3 is 1. The Labute approximate surface area is 174 Å².